The first-order chi connectivity index (χ1) is 12.2. The van der Waals surface area contributed by atoms with Crippen molar-refractivity contribution in [2.75, 3.05) is 0 Å². The first kappa shape index (κ1) is 15.5. The molecule has 1 fully saturated rings. The van der Waals surface area contributed by atoms with Gasteiger partial charge in [0.2, 0.25) is 5.76 Å². The fourth-order valence-electron chi connectivity index (χ4n) is 2.83. The molecule has 0 bridgehead atoms. The summed E-state index contributed by atoms with van der Waals surface area (Å²) in [7, 11) is 0. The van der Waals surface area contributed by atoms with Crippen LogP contribution in [0.5, 0.6) is 0 Å². The Hall–Kier alpha value is -3.00. The number of amides is 1. The fourth-order valence-corrected chi connectivity index (χ4v) is 2.83. The molecule has 0 aliphatic heterocycles. The lowest BCUT2D eigenvalue weighted by molar-refractivity contribution is 0.0869. The summed E-state index contributed by atoms with van der Waals surface area (Å²) in [6.07, 6.45) is 1.44. The van der Waals surface area contributed by atoms with Crippen molar-refractivity contribution in [1.82, 2.24) is 20.6 Å². The van der Waals surface area contributed by atoms with E-state index in [9.17, 15) is 4.79 Å². The Morgan fingerprint density at radius 2 is 2.00 bits per heavy atom. The second-order valence-electron chi connectivity index (χ2n) is 5.99. The van der Waals surface area contributed by atoms with Crippen LogP contribution in [0.15, 0.2) is 45.4 Å². The van der Waals surface area contributed by atoms with Crippen molar-refractivity contribution in [2.24, 2.45) is 0 Å². The van der Waals surface area contributed by atoms with Gasteiger partial charge >= 0.3 is 0 Å². The molecular formula is C17H16N4O4. The first-order valence-corrected chi connectivity index (χ1v) is 7.99. The largest absolute Gasteiger partial charge is 0.387 e. The first-order valence-electron chi connectivity index (χ1n) is 7.99. The smallest absolute Gasteiger partial charge is 0.290 e. The Morgan fingerprint density at radius 1 is 1.20 bits per heavy atom. The van der Waals surface area contributed by atoms with Crippen LogP contribution in [0.25, 0.3) is 11.3 Å². The minimum Gasteiger partial charge on any atom is -0.387 e. The number of hydrogen-bond acceptors (Lipinski definition) is 7. The molecule has 1 aromatic carbocycles. The molecule has 0 unspecified atom stereocenters. The van der Waals surface area contributed by atoms with Gasteiger partial charge in [0.05, 0.1) is 0 Å². The van der Waals surface area contributed by atoms with E-state index in [1.165, 1.54) is 0 Å². The van der Waals surface area contributed by atoms with Gasteiger partial charge in [0.15, 0.2) is 5.82 Å². The second kappa shape index (κ2) is 6.48. The fraction of sp³-hybridized carbons (Fsp3) is 0.294. The molecule has 0 spiro atoms. The van der Waals surface area contributed by atoms with Crippen LogP contribution in [0.2, 0.25) is 0 Å². The molecule has 2 N–H and O–H groups in total. The standard InChI is InChI=1S/C17H16N4O4/c22-9-15-19-16(21-25-15)11-6-12(7-11)18-17(23)14-8-13(20-24-14)10-4-2-1-3-5-10/h1-5,8,11-12,22H,6-7,9H2,(H,18,23)/t11-,12+. The molecule has 25 heavy (non-hydrogen) atoms. The van der Waals surface area contributed by atoms with E-state index in [2.05, 4.69) is 20.6 Å². The lowest BCUT2D eigenvalue weighted by atomic mass is 9.79. The van der Waals surface area contributed by atoms with Crippen LogP contribution in [0.1, 0.15) is 41.0 Å². The quantitative estimate of drug-likeness (QED) is 0.729. The predicted molar refractivity (Wildman–Crippen MR) is 85.4 cm³/mol. The summed E-state index contributed by atoms with van der Waals surface area (Å²) in [5.41, 5.74) is 1.52. The Kier molecular flexibility index (Phi) is 4.02. The van der Waals surface area contributed by atoms with Gasteiger partial charge in [0.1, 0.15) is 12.3 Å². The normalized spacial score (nSPS) is 19.4. The van der Waals surface area contributed by atoms with E-state index in [1.807, 2.05) is 30.3 Å². The molecule has 2 heterocycles. The SMILES string of the molecule is O=C(N[C@H]1C[C@@H](c2noc(CO)n2)C1)c1cc(-c2ccccc2)no1. The van der Waals surface area contributed by atoms with Gasteiger partial charge in [-0.3, -0.25) is 4.79 Å². The second-order valence-corrected chi connectivity index (χ2v) is 5.99. The molecular weight excluding hydrogens is 324 g/mol. The molecule has 3 aromatic rings. The van der Waals surface area contributed by atoms with Crippen molar-refractivity contribution in [3.63, 3.8) is 0 Å². The zero-order valence-corrected chi connectivity index (χ0v) is 13.3. The molecule has 1 amide bonds. The summed E-state index contributed by atoms with van der Waals surface area (Å²) in [5, 5.41) is 19.6. The zero-order chi connectivity index (χ0) is 17.2. The van der Waals surface area contributed by atoms with Gasteiger partial charge in [-0.15, -0.1) is 0 Å². The Balaban J connectivity index is 1.34. The Bertz CT molecular complexity index is 868. The van der Waals surface area contributed by atoms with E-state index in [1.54, 1.807) is 6.07 Å². The highest BCUT2D eigenvalue weighted by Crippen LogP contribution is 2.35. The molecule has 8 heteroatoms. The number of hydrogen-bond donors (Lipinski definition) is 2. The lowest BCUT2D eigenvalue weighted by Crippen LogP contribution is -2.43. The number of nitrogens with one attached hydrogen (secondary N) is 1. The van der Waals surface area contributed by atoms with Crippen LogP contribution in [0, 0.1) is 0 Å². The maximum Gasteiger partial charge on any atom is 0.290 e. The van der Waals surface area contributed by atoms with Crippen LogP contribution in [0.3, 0.4) is 0 Å². The van der Waals surface area contributed by atoms with Crippen LogP contribution < -0.4 is 5.32 Å². The van der Waals surface area contributed by atoms with Crippen LogP contribution in [-0.4, -0.2) is 32.4 Å². The molecule has 0 atom stereocenters. The summed E-state index contributed by atoms with van der Waals surface area (Å²) in [4.78, 5) is 16.3. The van der Waals surface area contributed by atoms with E-state index >= 15 is 0 Å². The summed E-state index contributed by atoms with van der Waals surface area (Å²) in [6.45, 7) is -0.269. The molecule has 0 radical (unpaired) electrons. The van der Waals surface area contributed by atoms with Crippen LogP contribution >= 0.6 is 0 Å². The number of aromatic nitrogens is 3. The van der Waals surface area contributed by atoms with E-state index < -0.39 is 0 Å². The van der Waals surface area contributed by atoms with E-state index in [-0.39, 0.29) is 36.1 Å². The predicted octanol–water partition coefficient (Wildman–Crippen LogP) is 1.89. The van der Waals surface area contributed by atoms with Gasteiger partial charge in [0, 0.05) is 23.6 Å². The molecule has 2 aromatic heterocycles. The van der Waals surface area contributed by atoms with Crippen LogP contribution in [0.4, 0.5) is 0 Å². The van der Waals surface area contributed by atoms with Gasteiger partial charge in [-0.2, -0.15) is 4.98 Å². The Labute approximate surface area is 142 Å². The number of aliphatic hydroxyl groups is 1. The minimum atomic E-state index is -0.290. The molecule has 0 saturated heterocycles. The maximum atomic E-state index is 12.3. The number of carbonyl (C=O) groups is 1. The van der Waals surface area contributed by atoms with Crippen molar-refractivity contribution >= 4 is 5.91 Å². The molecule has 4 rings (SSSR count). The van der Waals surface area contributed by atoms with Crippen molar-refractivity contribution in [1.29, 1.82) is 0 Å². The summed E-state index contributed by atoms with van der Waals surface area (Å²) in [6, 6.07) is 11.2. The molecule has 1 aliphatic carbocycles. The average Bonchev–Trinajstić information content (AvgIpc) is 3.27. The molecule has 128 valence electrons. The van der Waals surface area contributed by atoms with E-state index in [0.29, 0.717) is 11.5 Å². The highest BCUT2D eigenvalue weighted by atomic mass is 16.5. The van der Waals surface area contributed by atoms with Gasteiger partial charge in [-0.1, -0.05) is 40.6 Å². The van der Waals surface area contributed by atoms with Gasteiger partial charge < -0.3 is 19.5 Å². The molecule has 1 saturated carbocycles. The number of benzene rings is 1. The highest BCUT2D eigenvalue weighted by molar-refractivity contribution is 5.92. The van der Waals surface area contributed by atoms with E-state index in [4.69, 9.17) is 14.2 Å². The van der Waals surface area contributed by atoms with Crippen molar-refractivity contribution in [2.45, 2.75) is 31.4 Å². The number of nitrogens with zero attached hydrogens (tertiary/aromatic N) is 3. The third-order valence-corrected chi connectivity index (χ3v) is 4.26. The monoisotopic (exact) mass is 340 g/mol. The maximum absolute atomic E-state index is 12.3. The van der Waals surface area contributed by atoms with Gasteiger partial charge in [-0.05, 0) is 12.8 Å². The number of aliphatic hydroxyl groups excluding tert-OH is 1. The zero-order valence-electron chi connectivity index (χ0n) is 13.3. The lowest BCUT2D eigenvalue weighted by Gasteiger charge is -2.33. The summed E-state index contributed by atoms with van der Waals surface area (Å²) in [5.74, 6) is 0.800. The molecule has 8 nitrogen and oxygen atoms in total. The van der Waals surface area contributed by atoms with Gasteiger partial charge in [0.25, 0.3) is 11.8 Å². The highest BCUT2D eigenvalue weighted by Gasteiger charge is 2.35. The number of carbonyl (C=O) groups excluding carboxylic acids is 1. The summed E-state index contributed by atoms with van der Waals surface area (Å²) < 4.78 is 10.0. The Morgan fingerprint density at radius 3 is 2.72 bits per heavy atom. The van der Waals surface area contributed by atoms with Gasteiger partial charge in [-0.25, -0.2) is 0 Å². The van der Waals surface area contributed by atoms with Crippen LogP contribution in [-0.2, 0) is 6.61 Å². The summed E-state index contributed by atoms with van der Waals surface area (Å²) >= 11 is 0. The minimum absolute atomic E-state index is 0.0267. The third-order valence-electron chi connectivity index (χ3n) is 4.26. The van der Waals surface area contributed by atoms with Crippen molar-refractivity contribution in [3.05, 3.63) is 53.9 Å². The van der Waals surface area contributed by atoms with Crippen molar-refractivity contribution in [3.8, 4) is 11.3 Å². The topological polar surface area (TPSA) is 114 Å². The van der Waals surface area contributed by atoms with Crippen molar-refractivity contribution < 1.29 is 18.9 Å². The third kappa shape index (κ3) is 3.16. The number of rotatable bonds is 5. The average molecular weight is 340 g/mol. The van der Waals surface area contributed by atoms with E-state index in [0.717, 1.165) is 18.4 Å². The molecule has 1 aliphatic rings.